The number of nitrogens with one attached hydrogen (secondary N) is 1. The molecule has 0 unspecified atom stereocenters. The highest BCUT2D eigenvalue weighted by Crippen LogP contribution is 2.16. The zero-order valence-electron chi connectivity index (χ0n) is 8.24. The van der Waals surface area contributed by atoms with E-state index in [9.17, 15) is 0 Å². The number of allylic oxidation sites excluding steroid dienone is 3. The van der Waals surface area contributed by atoms with Crippen LogP contribution < -0.4 is 5.32 Å². The number of para-hydroxylation sites is 1. The van der Waals surface area contributed by atoms with Crippen molar-refractivity contribution in [2.75, 3.05) is 11.9 Å². The first kappa shape index (κ1) is 9.07. The van der Waals surface area contributed by atoms with Crippen LogP contribution in [-0.2, 0) is 6.42 Å². The van der Waals surface area contributed by atoms with Gasteiger partial charge in [-0.2, -0.15) is 0 Å². The molecular formula is C13H15N. The molecule has 1 aromatic carbocycles. The highest BCUT2D eigenvalue weighted by Gasteiger charge is 1.98. The van der Waals surface area contributed by atoms with Crippen molar-refractivity contribution in [2.24, 2.45) is 0 Å². The fraction of sp³-hybridized carbons (Fsp3) is 0.231. The predicted molar refractivity (Wildman–Crippen MR) is 61.5 cm³/mol. The van der Waals surface area contributed by atoms with Crippen LogP contribution in [0.3, 0.4) is 0 Å². The van der Waals surface area contributed by atoms with E-state index in [1.807, 2.05) is 0 Å². The monoisotopic (exact) mass is 185 g/mol. The van der Waals surface area contributed by atoms with Crippen LogP contribution in [0.1, 0.15) is 12.0 Å². The van der Waals surface area contributed by atoms with Gasteiger partial charge in [0.05, 0.1) is 0 Å². The fourth-order valence-corrected chi connectivity index (χ4v) is 1.60. The van der Waals surface area contributed by atoms with E-state index in [0.29, 0.717) is 0 Å². The Hall–Kier alpha value is -1.50. The topological polar surface area (TPSA) is 12.0 Å². The lowest BCUT2D eigenvalue weighted by atomic mass is 10.1. The maximum absolute atomic E-state index is 3.41. The van der Waals surface area contributed by atoms with Crippen LogP contribution in [0, 0.1) is 0 Å². The second-order valence-corrected chi connectivity index (χ2v) is 3.42. The van der Waals surface area contributed by atoms with E-state index in [4.69, 9.17) is 0 Å². The molecule has 0 bridgehead atoms. The Kier molecular flexibility index (Phi) is 3.02. The van der Waals surface area contributed by atoms with Gasteiger partial charge < -0.3 is 5.32 Å². The molecule has 0 amide bonds. The van der Waals surface area contributed by atoms with Crippen LogP contribution in [0.4, 0.5) is 5.69 Å². The largest absolute Gasteiger partial charge is 0.381 e. The molecule has 1 nitrogen and oxygen atoms in total. The molecule has 0 aromatic heterocycles. The molecule has 1 aromatic rings. The zero-order chi connectivity index (χ0) is 9.64. The van der Waals surface area contributed by atoms with Gasteiger partial charge in [-0.25, -0.2) is 0 Å². The lowest BCUT2D eigenvalue weighted by molar-refractivity contribution is 1.19. The van der Waals surface area contributed by atoms with Crippen molar-refractivity contribution in [1.82, 2.24) is 0 Å². The number of anilines is 1. The van der Waals surface area contributed by atoms with Gasteiger partial charge in [-0.3, -0.25) is 0 Å². The summed E-state index contributed by atoms with van der Waals surface area (Å²) < 4.78 is 0. The molecule has 1 heterocycles. The Morgan fingerprint density at radius 2 is 1.79 bits per heavy atom. The summed E-state index contributed by atoms with van der Waals surface area (Å²) >= 11 is 0. The third-order valence-corrected chi connectivity index (χ3v) is 2.37. The van der Waals surface area contributed by atoms with Crippen LogP contribution in [0.2, 0.25) is 0 Å². The van der Waals surface area contributed by atoms with Crippen molar-refractivity contribution in [3.8, 4) is 0 Å². The Bertz CT molecular complexity index is 350. The van der Waals surface area contributed by atoms with Crippen molar-refractivity contribution in [3.63, 3.8) is 0 Å². The number of benzene rings is 1. The third kappa shape index (κ3) is 2.25. The van der Waals surface area contributed by atoms with Crippen molar-refractivity contribution in [2.45, 2.75) is 12.8 Å². The van der Waals surface area contributed by atoms with Gasteiger partial charge in [0.1, 0.15) is 0 Å². The van der Waals surface area contributed by atoms with Gasteiger partial charge in [-0.15, -0.1) is 0 Å². The smallest absolute Gasteiger partial charge is 0.0378 e. The molecular weight excluding hydrogens is 170 g/mol. The first-order valence-electron chi connectivity index (χ1n) is 5.08. The second-order valence-electron chi connectivity index (χ2n) is 3.42. The lowest BCUT2D eigenvalue weighted by Crippen LogP contribution is -2.01. The average molecular weight is 185 g/mol. The third-order valence-electron chi connectivity index (χ3n) is 2.37. The van der Waals surface area contributed by atoms with E-state index >= 15 is 0 Å². The van der Waals surface area contributed by atoms with Gasteiger partial charge in [0, 0.05) is 12.2 Å². The lowest BCUT2D eigenvalue weighted by Gasteiger charge is -2.09. The van der Waals surface area contributed by atoms with Crippen molar-refractivity contribution in [1.29, 1.82) is 0 Å². The Morgan fingerprint density at radius 1 is 0.929 bits per heavy atom. The molecule has 0 aliphatic carbocycles. The SMILES string of the molecule is C1=C\CNc2ccccc2C/C=C\C/1. The van der Waals surface area contributed by atoms with Crippen LogP contribution in [0.15, 0.2) is 48.6 Å². The minimum atomic E-state index is 0.921. The van der Waals surface area contributed by atoms with E-state index in [1.165, 1.54) is 11.3 Å². The van der Waals surface area contributed by atoms with Crippen LogP contribution in [0.5, 0.6) is 0 Å². The van der Waals surface area contributed by atoms with Gasteiger partial charge in [0.25, 0.3) is 0 Å². The zero-order valence-corrected chi connectivity index (χ0v) is 8.24. The molecule has 1 N–H and O–H groups in total. The molecule has 0 saturated carbocycles. The molecule has 72 valence electrons. The number of hydrogen-bond donors (Lipinski definition) is 1. The van der Waals surface area contributed by atoms with Gasteiger partial charge >= 0.3 is 0 Å². The summed E-state index contributed by atoms with van der Waals surface area (Å²) in [5.74, 6) is 0. The Labute approximate surface area is 85.2 Å². The molecule has 0 atom stereocenters. The summed E-state index contributed by atoms with van der Waals surface area (Å²) in [7, 11) is 0. The van der Waals surface area contributed by atoms with Crippen LogP contribution in [-0.4, -0.2) is 6.54 Å². The summed E-state index contributed by atoms with van der Waals surface area (Å²) in [6.45, 7) is 0.921. The first-order chi connectivity index (χ1) is 6.97. The van der Waals surface area contributed by atoms with E-state index in [2.05, 4.69) is 53.9 Å². The quantitative estimate of drug-likeness (QED) is 0.612. The Balaban J connectivity index is 2.24. The summed E-state index contributed by atoms with van der Waals surface area (Å²) in [6.07, 6.45) is 10.9. The highest BCUT2D eigenvalue weighted by molar-refractivity contribution is 5.52. The summed E-state index contributed by atoms with van der Waals surface area (Å²) in [4.78, 5) is 0. The minimum Gasteiger partial charge on any atom is -0.381 e. The summed E-state index contributed by atoms with van der Waals surface area (Å²) in [5, 5.41) is 3.41. The maximum atomic E-state index is 3.41. The summed E-state index contributed by atoms with van der Waals surface area (Å²) in [5.41, 5.74) is 2.63. The molecule has 0 radical (unpaired) electrons. The standard InChI is InChI=1S/C13H15N/c1-2-4-8-12-9-5-6-10-13(12)14-11-7-3-1/h2-7,9-10,14H,1,8,11H2/b4-2-,7-3-. The molecule has 0 fully saturated rings. The van der Waals surface area contributed by atoms with Gasteiger partial charge in [0.15, 0.2) is 0 Å². The van der Waals surface area contributed by atoms with Crippen molar-refractivity contribution < 1.29 is 0 Å². The number of fused-ring (bicyclic) bond motifs is 1. The molecule has 1 aliphatic rings. The van der Waals surface area contributed by atoms with Gasteiger partial charge in [0.2, 0.25) is 0 Å². The van der Waals surface area contributed by atoms with E-state index < -0.39 is 0 Å². The molecule has 0 saturated heterocycles. The number of rotatable bonds is 0. The Morgan fingerprint density at radius 3 is 2.79 bits per heavy atom. The maximum Gasteiger partial charge on any atom is 0.0378 e. The van der Waals surface area contributed by atoms with Crippen LogP contribution >= 0.6 is 0 Å². The van der Waals surface area contributed by atoms with Gasteiger partial charge in [-0.05, 0) is 24.5 Å². The van der Waals surface area contributed by atoms with Crippen molar-refractivity contribution in [3.05, 3.63) is 54.1 Å². The molecule has 1 aliphatic heterocycles. The summed E-state index contributed by atoms with van der Waals surface area (Å²) in [6, 6.07) is 8.48. The van der Waals surface area contributed by atoms with Crippen LogP contribution in [0.25, 0.3) is 0 Å². The highest BCUT2D eigenvalue weighted by atomic mass is 14.9. The molecule has 0 spiro atoms. The number of hydrogen-bond acceptors (Lipinski definition) is 1. The predicted octanol–water partition coefficient (Wildman–Crippen LogP) is 3.16. The fourth-order valence-electron chi connectivity index (χ4n) is 1.60. The first-order valence-corrected chi connectivity index (χ1v) is 5.08. The van der Waals surface area contributed by atoms with E-state index in [-0.39, 0.29) is 0 Å². The van der Waals surface area contributed by atoms with E-state index in [0.717, 1.165) is 19.4 Å². The van der Waals surface area contributed by atoms with E-state index in [1.54, 1.807) is 0 Å². The molecule has 1 heteroatoms. The minimum absolute atomic E-state index is 0.921. The average Bonchev–Trinajstić information content (AvgIpc) is 2.25. The van der Waals surface area contributed by atoms with Crippen molar-refractivity contribution >= 4 is 5.69 Å². The second kappa shape index (κ2) is 4.66. The molecule has 14 heavy (non-hydrogen) atoms. The van der Waals surface area contributed by atoms with Gasteiger partial charge in [-0.1, -0.05) is 42.5 Å². The molecule has 2 rings (SSSR count). The normalized spacial score (nSPS) is 20.3.